The second kappa shape index (κ2) is 9.87. The van der Waals surface area contributed by atoms with Crippen LogP contribution in [0, 0.1) is 17.2 Å². The molecule has 1 aromatic carbocycles. The van der Waals surface area contributed by atoms with Crippen LogP contribution in [0.1, 0.15) is 10.5 Å². The van der Waals surface area contributed by atoms with Crippen LogP contribution < -0.4 is 20.7 Å². The molecule has 0 spiro atoms. The Bertz CT molecular complexity index is 1320. The molecule has 0 unspecified atom stereocenters. The van der Waals surface area contributed by atoms with Crippen LogP contribution in [-0.2, 0) is 7.05 Å². The van der Waals surface area contributed by atoms with Crippen molar-refractivity contribution in [3.63, 3.8) is 0 Å². The second-order valence-corrected chi connectivity index (χ2v) is 7.58. The number of amides is 3. The van der Waals surface area contributed by atoms with E-state index in [-0.39, 0.29) is 23.1 Å². The van der Waals surface area contributed by atoms with Crippen molar-refractivity contribution in [1.29, 1.82) is 5.26 Å². The van der Waals surface area contributed by atoms with Gasteiger partial charge in [-0.2, -0.15) is 10.4 Å². The average Bonchev–Trinajstić information content (AvgIpc) is 3.24. The van der Waals surface area contributed by atoms with Gasteiger partial charge in [0.1, 0.15) is 6.33 Å². The van der Waals surface area contributed by atoms with Crippen LogP contribution in [0.5, 0.6) is 5.75 Å². The zero-order valence-corrected chi connectivity index (χ0v) is 19.0. The highest BCUT2D eigenvalue weighted by atomic mass is 16.5. The van der Waals surface area contributed by atoms with Gasteiger partial charge in [-0.05, 0) is 18.3 Å². The fourth-order valence-electron chi connectivity index (χ4n) is 3.43. The molecule has 1 fully saturated rings. The van der Waals surface area contributed by atoms with Crippen LogP contribution in [-0.4, -0.2) is 62.0 Å². The number of aromatic nitrogens is 5. The Morgan fingerprint density at radius 3 is 2.74 bits per heavy atom. The summed E-state index contributed by atoms with van der Waals surface area (Å²) in [5, 5.41) is 29.4. The van der Waals surface area contributed by atoms with Gasteiger partial charge in [-0.15, -0.1) is 10.2 Å². The summed E-state index contributed by atoms with van der Waals surface area (Å²) < 4.78 is 7.20. The Balaban J connectivity index is 1.66. The van der Waals surface area contributed by atoms with E-state index in [0.29, 0.717) is 35.9 Å². The largest absolute Gasteiger partial charge is 0.494 e. The molecule has 35 heavy (non-hydrogen) atoms. The number of carbonyl (C=O) groups excluding carboxylic acids is 2. The first kappa shape index (κ1) is 23.2. The third-order valence-corrected chi connectivity index (χ3v) is 5.16. The van der Waals surface area contributed by atoms with Crippen molar-refractivity contribution in [2.24, 2.45) is 13.0 Å². The molecule has 13 heteroatoms. The summed E-state index contributed by atoms with van der Waals surface area (Å²) in [6.45, 7) is 4.18. The van der Waals surface area contributed by atoms with E-state index in [9.17, 15) is 9.59 Å². The highest BCUT2D eigenvalue weighted by Crippen LogP contribution is 2.37. The summed E-state index contributed by atoms with van der Waals surface area (Å²) in [6.07, 6.45) is 2.80. The van der Waals surface area contributed by atoms with Gasteiger partial charge in [0.05, 0.1) is 36.0 Å². The zero-order chi connectivity index (χ0) is 24.9. The first-order chi connectivity index (χ1) is 16.9. The highest BCUT2D eigenvalue weighted by Gasteiger charge is 2.31. The van der Waals surface area contributed by atoms with E-state index in [1.54, 1.807) is 30.2 Å². The topological polar surface area (TPSA) is 163 Å². The van der Waals surface area contributed by atoms with Crippen molar-refractivity contribution >= 4 is 29.1 Å². The number of urea groups is 1. The molecule has 178 valence electrons. The number of hydrogen-bond donors (Lipinski definition) is 3. The lowest BCUT2D eigenvalue weighted by atomic mass is 10.0. The van der Waals surface area contributed by atoms with Gasteiger partial charge < -0.3 is 20.3 Å². The second-order valence-electron chi connectivity index (χ2n) is 7.58. The molecular weight excluding hydrogens is 452 g/mol. The predicted octanol–water partition coefficient (Wildman–Crippen LogP) is 1.88. The van der Waals surface area contributed by atoms with Gasteiger partial charge >= 0.3 is 6.03 Å². The quantitative estimate of drug-likeness (QED) is 0.464. The SMILES string of the molecule is C=CNC(=O)c1nnc(NC(=O)N2CC(C#N)C2)cc1Nc1cccc(-c2ncn(C)n2)c1OC. The van der Waals surface area contributed by atoms with Gasteiger partial charge in [-0.1, -0.05) is 12.6 Å². The number of nitrogens with zero attached hydrogens (tertiary/aromatic N) is 7. The molecule has 13 nitrogen and oxygen atoms in total. The zero-order valence-electron chi connectivity index (χ0n) is 19.0. The van der Waals surface area contributed by atoms with Crippen LogP contribution in [0.2, 0.25) is 0 Å². The van der Waals surface area contributed by atoms with Gasteiger partial charge in [0.15, 0.2) is 23.1 Å². The third-order valence-electron chi connectivity index (χ3n) is 5.16. The first-order valence-corrected chi connectivity index (χ1v) is 10.5. The smallest absolute Gasteiger partial charge is 0.323 e. The summed E-state index contributed by atoms with van der Waals surface area (Å²) in [5.41, 5.74) is 1.38. The van der Waals surface area contributed by atoms with Crippen LogP contribution in [0.4, 0.5) is 22.0 Å². The van der Waals surface area contributed by atoms with Crippen LogP contribution in [0.3, 0.4) is 0 Å². The number of nitriles is 1. The van der Waals surface area contributed by atoms with E-state index >= 15 is 0 Å². The van der Waals surface area contributed by atoms with Gasteiger partial charge in [-0.3, -0.25) is 14.8 Å². The molecule has 0 radical (unpaired) electrons. The molecule has 2 aromatic heterocycles. The van der Waals surface area contributed by atoms with E-state index < -0.39 is 11.9 Å². The highest BCUT2D eigenvalue weighted by molar-refractivity contribution is 6.00. The number of benzene rings is 1. The van der Waals surface area contributed by atoms with E-state index in [2.05, 4.69) is 48.9 Å². The monoisotopic (exact) mass is 474 g/mol. The Morgan fingerprint density at radius 1 is 1.29 bits per heavy atom. The average molecular weight is 474 g/mol. The maximum absolute atomic E-state index is 12.6. The summed E-state index contributed by atoms with van der Waals surface area (Å²) in [4.78, 5) is 30.8. The molecule has 0 saturated carbocycles. The summed E-state index contributed by atoms with van der Waals surface area (Å²) in [5.74, 6) is 0.300. The molecule has 3 N–H and O–H groups in total. The lowest BCUT2D eigenvalue weighted by molar-refractivity contribution is 0.0965. The van der Waals surface area contributed by atoms with E-state index in [1.165, 1.54) is 24.3 Å². The molecule has 3 amide bonds. The standard InChI is InChI=1S/C22H22N10O3/c1-4-24-21(33)18-16(8-17(28-29-18)27-22(34)32-10-13(9-23)11-32)26-15-7-5-6-14(19(15)35-3)20-25-12-31(2)30-20/h4-8,12-13H,1,10-11H2,2-3H3,(H,24,33)(H2,26,27,28,34). The number of rotatable bonds is 7. The van der Waals surface area contributed by atoms with Crippen molar-refractivity contribution in [3.05, 3.63) is 49.1 Å². The van der Waals surface area contributed by atoms with E-state index in [0.717, 1.165) is 0 Å². The van der Waals surface area contributed by atoms with Gasteiger partial charge in [0.2, 0.25) is 0 Å². The minimum atomic E-state index is -0.547. The van der Waals surface area contributed by atoms with Crippen molar-refractivity contribution in [3.8, 4) is 23.2 Å². The number of methoxy groups -OCH3 is 1. The van der Waals surface area contributed by atoms with E-state index in [4.69, 9.17) is 10.00 Å². The first-order valence-electron chi connectivity index (χ1n) is 10.5. The maximum Gasteiger partial charge on any atom is 0.323 e. The number of anilines is 3. The molecule has 0 bridgehead atoms. The Labute approximate surface area is 200 Å². The maximum atomic E-state index is 12.6. The molecule has 1 aliphatic rings. The molecule has 1 saturated heterocycles. The summed E-state index contributed by atoms with van der Waals surface area (Å²) in [6, 6.07) is 8.52. The number of para-hydroxylation sites is 1. The minimum Gasteiger partial charge on any atom is -0.494 e. The van der Waals surface area contributed by atoms with Gasteiger partial charge in [0.25, 0.3) is 5.91 Å². The molecule has 0 atom stereocenters. The number of ether oxygens (including phenoxy) is 1. The number of aryl methyl sites for hydroxylation is 1. The number of likely N-dealkylation sites (tertiary alicyclic amines) is 1. The van der Waals surface area contributed by atoms with Crippen LogP contribution >= 0.6 is 0 Å². The molecule has 1 aliphatic heterocycles. The van der Waals surface area contributed by atoms with E-state index in [1.807, 2.05) is 6.07 Å². The predicted molar refractivity (Wildman–Crippen MR) is 126 cm³/mol. The number of carbonyl (C=O) groups is 2. The lowest BCUT2D eigenvalue weighted by Gasteiger charge is -2.34. The summed E-state index contributed by atoms with van der Waals surface area (Å²) >= 11 is 0. The fraction of sp³-hybridized carbons (Fsp3) is 0.227. The third kappa shape index (κ3) is 4.86. The Hall–Kier alpha value is -4.99. The minimum absolute atomic E-state index is 0.0280. The fourth-order valence-corrected chi connectivity index (χ4v) is 3.43. The molecule has 3 heterocycles. The van der Waals surface area contributed by atoms with Crippen molar-refractivity contribution in [1.82, 2.24) is 35.2 Å². The number of hydrogen-bond acceptors (Lipinski definition) is 9. The van der Waals surface area contributed by atoms with Crippen LogP contribution in [0.25, 0.3) is 11.4 Å². The molecule has 0 aliphatic carbocycles. The molecule has 4 rings (SSSR count). The Kier molecular flexibility index (Phi) is 6.54. The summed E-state index contributed by atoms with van der Waals surface area (Å²) in [7, 11) is 3.27. The van der Waals surface area contributed by atoms with Gasteiger partial charge in [-0.25, -0.2) is 9.78 Å². The van der Waals surface area contributed by atoms with Crippen molar-refractivity contribution in [2.45, 2.75) is 0 Å². The normalized spacial score (nSPS) is 12.8. The Morgan fingerprint density at radius 2 is 2.09 bits per heavy atom. The van der Waals surface area contributed by atoms with Crippen molar-refractivity contribution in [2.75, 3.05) is 30.8 Å². The molecule has 3 aromatic rings. The van der Waals surface area contributed by atoms with Crippen LogP contribution in [0.15, 0.2) is 43.4 Å². The molecular formula is C22H22N10O3. The van der Waals surface area contributed by atoms with Crippen molar-refractivity contribution < 1.29 is 14.3 Å². The number of nitrogens with one attached hydrogen (secondary N) is 3. The lowest BCUT2D eigenvalue weighted by Crippen LogP contribution is -2.51. The van der Waals surface area contributed by atoms with Gasteiger partial charge in [0, 0.05) is 26.2 Å².